The summed E-state index contributed by atoms with van der Waals surface area (Å²) >= 11 is 0. The highest BCUT2D eigenvalue weighted by Crippen LogP contribution is 2.23. The molecule has 6 heteroatoms. The summed E-state index contributed by atoms with van der Waals surface area (Å²) < 4.78 is 11.0. The second-order valence-electron chi connectivity index (χ2n) is 4.39. The van der Waals surface area contributed by atoms with E-state index < -0.39 is 11.9 Å². The molecule has 0 aliphatic carbocycles. The molecule has 0 N–H and O–H groups in total. The van der Waals surface area contributed by atoms with Crippen molar-refractivity contribution in [1.82, 2.24) is 9.55 Å². The molecule has 1 aromatic heterocycles. The maximum atomic E-state index is 11.9. The van der Waals surface area contributed by atoms with Crippen molar-refractivity contribution in [2.45, 2.75) is 13.5 Å². The number of aryl methyl sites for hydroxylation is 1. The molecule has 21 heavy (non-hydrogen) atoms. The van der Waals surface area contributed by atoms with E-state index in [1.165, 1.54) is 18.8 Å². The highest BCUT2D eigenvalue weighted by Gasteiger charge is 2.23. The van der Waals surface area contributed by atoms with Crippen LogP contribution < -0.4 is 0 Å². The van der Waals surface area contributed by atoms with Gasteiger partial charge in [0, 0.05) is 5.56 Å². The van der Waals surface area contributed by atoms with Gasteiger partial charge in [0.25, 0.3) is 0 Å². The van der Waals surface area contributed by atoms with E-state index in [2.05, 4.69) is 9.72 Å². The van der Waals surface area contributed by atoms with Crippen LogP contribution in [0.25, 0.3) is 11.4 Å². The lowest BCUT2D eigenvalue weighted by molar-refractivity contribution is -0.141. The standard InChI is InChI=1S/C15H16N2O4/c1-10-13(15(19)21-3)17(9-12(18)20-2)14(16-10)11-7-5-4-6-8-11/h4-8H,9H2,1-3H3. The van der Waals surface area contributed by atoms with Gasteiger partial charge >= 0.3 is 11.9 Å². The van der Waals surface area contributed by atoms with E-state index in [1.54, 1.807) is 6.92 Å². The van der Waals surface area contributed by atoms with Gasteiger partial charge < -0.3 is 14.0 Å². The summed E-state index contributed by atoms with van der Waals surface area (Å²) in [6, 6.07) is 9.32. The number of ether oxygens (including phenoxy) is 2. The second kappa shape index (κ2) is 6.21. The first-order valence-electron chi connectivity index (χ1n) is 6.36. The number of carbonyl (C=O) groups is 2. The molecule has 0 fully saturated rings. The molecule has 0 spiro atoms. The molecule has 0 saturated heterocycles. The van der Waals surface area contributed by atoms with Crippen molar-refractivity contribution in [3.8, 4) is 11.4 Å². The van der Waals surface area contributed by atoms with Crippen molar-refractivity contribution in [2.24, 2.45) is 0 Å². The van der Waals surface area contributed by atoms with Gasteiger partial charge in [0.05, 0.1) is 19.9 Å². The van der Waals surface area contributed by atoms with Gasteiger partial charge in [-0.2, -0.15) is 0 Å². The molecule has 6 nitrogen and oxygen atoms in total. The van der Waals surface area contributed by atoms with E-state index >= 15 is 0 Å². The Morgan fingerprint density at radius 2 is 1.81 bits per heavy atom. The number of rotatable bonds is 4. The Bertz CT molecular complexity index is 662. The maximum absolute atomic E-state index is 11.9. The SMILES string of the molecule is COC(=O)Cn1c(-c2ccccc2)nc(C)c1C(=O)OC. The van der Waals surface area contributed by atoms with Gasteiger partial charge in [-0.1, -0.05) is 30.3 Å². The molecule has 0 saturated carbocycles. The van der Waals surface area contributed by atoms with Gasteiger partial charge in [0.2, 0.25) is 0 Å². The largest absolute Gasteiger partial charge is 0.468 e. The summed E-state index contributed by atoms with van der Waals surface area (Å²) in [6.07, 6.45) is 0. The van der Waals surface area contributed by atoms with E-state index in [9.17, 15) is 9.59 Å². The summed E-state index contributed by atoms with van der Waals surface area (Å²) in [5.41, 5.74) is 1.56. The smallest absolute Gasteiger partial charge is 0.356 e. The van der Waals surface area contributed by atoms with Crippen LogP contribution in [-0.4, -0.2) is 35.7 Å². The minimum atomic E-state index is -0.536. The van der Waals surface area contributed by atoms with Crippen molar-refractivity contribution in [3.63, 3.8) is 0 Å². The predicted octanol–water partition coefficient (Wildman–Crippen LogP) is 1.82. The highest BCUT2D eigenvalue weighted by atomic mass is 16.5. The average molecular weight is 288 g/mol. The summed E-state index contributed by atoms with van der Waals surface area (Å²) in [6.45, 7) is 1.60. The lowest BCUT2D eigenvalue weighted by atomic mass is 10.2. The lowest BCUT2D eigenvalue weighted by Gasteiger charge is -2.10. The molecule has 0 radical (unpaired) electrons. The topological polar surface area (TPSA) is 70.4 Å². The minimum Gasteiger partial charge on any atom is -0.468 e. The number of nitrogens with zero attached hydrogens (tertiary/aromatic N) is 2. The van der Waals surface area contributed by atoms with Gasteiger partial charge in [-0.3, -0.25) is 4.79 Å². The zero-order valence-corrected chi connectivity index (χ0v) is 12.1. The zero-order valence-electron chi connectivity index (χ0n) is 12.1. The fourth-order valence-corrected chi connectivity index (χ4v) is 2.08. The van der Waals surface area contributed by atoms with E-state index in [0.717, 1.165) is 5.56 Å². The van der Waals surface area contributed by atoms with Gasteiger partial charge in [0.15, 0.2) is 5.69 Å². The molecule has 0 aliphatic rings. The van der Waals surface area contributed by atoms with Crippen molar-refractivity contribution < 1.29 is 19.1 Å². The molecule has 1 heterocycles. The van der Waals surface area contributed by atoms with E-state index in [1.807, 2.05) is 30.3 Å². The molecule has 1 aromatic carbocycles. The molecule has 0 unspecified atom stereocenters. The van der Waals surface area contributed by atoms with Crippen molar-refractivity contribution >= 4 is 11.9 Å². The van der Waals surface area contributed by atoms with Crippen LogP contribution in [0.1, 0.15) is 16.2 Å². The number of hydrogen-bond donors (Lipinski definition) is 0. The maximum Gasteiger partial charge on any atom is 0.356 e. The van der Waals surface area contributed by atoms with Crippen molar-refractivity contribution in [3.05, 3.63) is 41.7 Å². The number of aromatic nitrogens is 2. The van der Waals surface area contributed by atoms with Crippen LogP contribution in [0.2, 0.25) is 0 Å². The second-order valence-corrected chi connectivity index (χ2v) is 4.39. The highest BCUT2D eigenvalue weighted by molar-refractivity contribution is 5.90. The van der Waals surface area contributed by atoms with Gasteiger partial charge in [-0.05, 0) is 6.92 Å². The van der Waals surface area contributed by atoms with Crippen LogP contribution in [0.15, 0.2) is 30.3 Å². The Labute approximate surface area is 122 Å². The van der Waals surface area contributed by atoms with Crippen LogP contribution in [0, 0.1) is 6.92 Å². The van der Waals surface area contributed by atoms with Crippen LogP contribution in [0.3, 0.4) is 0 Å². The Morgan fingerprint density at radius 3 is 2.38 bits per heavy atom. The fraction of sp³-hybridized carbons (Fsp3) is 0.267. The van der Waals surface area contributed by atoms with Crippen LogP contribution in [-0.2, 0) is 20.8 Å². The summed E-state index contributed by atoms with van der Waals surface area (Å²) in [4.78, 5) is 27.9. The molecule has 2 rings (SSSR count). The minimum absolute atomic E-state index is 0.105. The summed E-state index contributed by atoms with van der Waals surface area (Å²) in [5, 5.41) is 0. The molecule has 2 aromatic rings. The molecule has 110 valence electrons. The molecular formula is C15H16N2O4. The molecule has 0 aliphatic heterocycles. The summed E-state index contributed by atoms with van der Waals surface area (Å²) in [7, 11) is 2.59. The van der Waals surface area contributed by atoms with Crippen molar-refractivity contribution in [1.29, 1.82) is 0 Å². The van der Waals surface area contributed by atoms with Gasteiger partial charge in [-0.25, -0.2) is 9.78 Å². The third kappa shape index (κ3) is 2.94. The molecule has 0 amide bonds. The Hall–Kier alpha value is -2.63. The Kier molecular flexibility index (Phi) is 4.37. The number of benzene rings is 1. The third-order valence-corrected chi connectivity index (χ3v) is 3.07. The van der Waals surface area contributed by atoms with Gasteiger partial charge in [0.1, 0.15) is 12.4 Å². The van der Waals surface area contributed by atoms with Crippen LogP contribution in [0.4, 0.5) is 0 Å². The first kappa shape index (κ1) is 14.8. The summed E-state index contributed by atoms with van der Waals surface area (Å²) in [5.74, 6) is -0.472. The van der Waals surface area contributed by atoms with E-state index in [0.29, 0.717) is 11.5 Å². The quantitative estimate of drug-likeness (QED) is 0.803. The average Bonchev–Trinajstić information content (AvgIpc) is 2.83. The van der Waals surface area contributed by atoms with Crippen molar-refractivity contribution in [2.75, 3.05) is 14.2 Å². The van der Waals surface area contributed by atoms with Crippen LogP contribution >= 0.6 is 0 Å². The van der Waals surface area contributed by atoms with E-state index in [4.69, 9.17) is 4.74 Å². The molecule has 0 bridgehead atoms. The Balaban J connectivity index is 2.60. The monoisotopic (exact) mass is 288 g/mol. The molecule has 0 atom stereocenters. The number of hydrogen-bond acceptors (Lipinski definition) is 5. The number of imidazole rings is 1. The third-order valence-electron chi connectivity index (χ3n) is 3.07. The lowest BCUT2D eigenvalue weighted by Crippen LogP contribution is -2.18. The van der Waals surface area contributed by atoms with Crippen LogP contribution in [0.5, 0.6) is 0 Å². The van der Waals surface area contributed by atoms with E-state index in [-0.39, 0.29) is 12.2 Å². The first-order chi connectivity index (χ1) is 10.1. The number of methoxy groups -OCH3 is 2. The Morgan fingerprint density at radius 1 is 1.14 bits per heavy atom. The zero-order chi connectivity index (χ0) is 15.4. The fourth-order valence-electron chi connectivity index (χ4n) is 2.08. The van der Waals surface area contributed by atoms with Gasteiger partial charge in [-0.15, -0.1) is 0 Å². The predicted molar refractivity (Wildman–Crippen MR) is 75.8 cm³/mol. The number of carbonyl (C=O) groups excluding carboxylic acids is 2. The number of esters is 2. The molecular weight excluding hydrogens is 272 g/mol. The normalized spacial score (nSPS) is 10.2. The first-order valence-corrected chi connectivity index (χ1v) is 6.36.